The third-order valence-corrected chi connectivity index (χ3v) is 2.95. The monoisotopic (exact) mass is 248 g/mol. The highest BCUT2D eigenvalue weighted by Gasteiger charge is 2.06. The zero-order valence-corrected chi connectivity index (χ0v) is 9.85. The first-order valence-electron chi connectivity index (χ1n) is 4.97. The predicted octanol–water partition coefficient (Wildman–Crippen LogP) is 1.76. The number of aromatic nitrogens is 1. The van der Waals surface area contributed by atoms with Gasteiger partial charge in [-0.3, -0.25) is 0 Å². The lowest BCUT2D eigenvalue weighted by Gasteiger charge is -1.94. The van der Waals surface area contributed by atoms with Gasteiger partial charge in [-0.15, -0.1) is 0 Å². The molecule has 0 spiro atoms. The summed E-state index contributed by atoms with van der Waals surface area (Å²) in [6.45, 7) is 0. The standard InChI is InChI=1S/C11H12N4OS/c12-11(14-13)17-7-9-6-10(16-15-9)8-4-2-1-3-5-8/h1-6H,7,13H2,(H2,12,14). The molecular formula is C11H12N4OS. The third kappa shape index (κ3) is 3.01. The summed E-state index contributed by atoms with van der Waals surface area (Å²) < 4.78 is 5.24. The van der Waals surface area contributed by atoms with E-state index in [1.54, 1.807) is 0 Å². The second-order valence-electron chi connectivity index (χ2n) is 3.30. The van der Waals surface area contributed by atoms with Crippen LogP contribution in [0.4, 0.5) is 0 Å². The van der Waals surface area contributed by atoms with Crippen molar-refractivity contribution >= 4 is 16.9 Å². The van der Waals surface area contributed by atoms with Crippen LogP contribution >= 0.6 is 11.8 Å². The molecule has 0 aliphatic carbocycles. The summed E-state index contributed by atoms with van der Waals surface area (Å²) in [6, 6.07) is 11.7. The molecule has 2 aromatic rings. The molecule has 0 amide bonds. The Morgan fingerprint density at radius 3 is 2.82 bits per heavy atom. The number of nitrogens with two attached hydrogens (primary N) is 2. The Balaban J connectivity index is 2.06. The van der Waals surface area contributed by atoms with E-state index < -0.39 is 0 Å². The fraction of sp³-hybridized carbons (Fsp3) is 0.0909. The molecule has 88 valence electrons. The van der Waals surface area contributed by atoms with Gasteiger partial charge in [0.1, 0.15) is 0 Å². The van der Waals surface area contributed by atoms with E-state index in [0.29, 0.717) is 10.9 Å². The Morgan fingerprint density at radius 2 is 2.12 bits per heavy atom. The van der Waals surface area contributed by atoms with Gasteiger partial charge in [0.2, 0.25) is 0 Å². The average Bonchev–Trinajstić information content (AvgIpc) is 2.86. The predicted molar refractivity (Wildman–Crippen MR) is 69.0 cm³/mol. The minimum atomic E-state index is 0.328. The number of amidine groups is 1. The van der Waals surface area contributed by atoms with Gasteiger partial charge in [-0.1, -0.05) is 47.3 Å². The molecule has 0 saturated carbocycles. The second-order valence-corrected chi connectivity index (χ2v) is 4.30. The van der Waals surface area contributed by atoms with E-state index in [2.05, 4.69) is 10.3 Å². The summed E-state index contributed by atoms with van der Waals surface area (Å²) in [5, 5.41) is 7.65. The van der Waals surface area contributed by atoms with E-state index in [4.69, 9.17) is 16.1 Å². The zero-order chi connectivity index (χ0) is 12.1. The summed E-state index contributed by atoms with van der Waals surface area (Å²) in [7, 11) is 0. The fourth-order valence-corrected chi connectivity index (χ4v) is 1.81. The Morgan fingerprint density at radius 1 is 1.35 bits per heavy atom. The van der Waals surface area contributed by atoms with Crippen LogP contribution in [0.1, 0.15) is 5.69 Å². The van der Waals surface area contributed by atoms with Crippen molar-refractivity contribution in [3.8, 4) is 11.3 Å². The zero-order valence-electron chi connectivity index (χ0n) is 9.04. The third-order valence-electron chi connectivity index (χ3n) is 2.11. The van der Waals surface area contributed by atoms with Crippen LogP contribution in [0.2, 0.25) is 0 Å². The van der Waals surface area contributed by atoms with E-state index in [0.717, 1.165) is 17.0 Å². The quantitative estimate of drug-likeness (QED) is 0.374. The summed E-state index contributed by atoms with van der Waals surface area (Å²) >= 11 is 1.32. The van der Waals surface area contributed by atoms with Crippen LogP contribution in [0.5, 0.6) is 0 Å². The highest BCUT2D eigenvalue weighted by molar-refractivity contribution is 8.13. The van der Waals surface area contributed by atoms with Crippen LogP contribution in [-0.2, 0) is 5.75 Å². The summed E-state index contributed by atoms with van der Waals surface area (Å²) in [5.41, 5.74) is 7.27. The van der Waals surface area contributed by atoms with Gasteiger partial charge in [-0.25, -0.2) is 0 Å². The van der Waals surface area contributed by atoms with Crippen molar-refractivity contribution in [2.24, 2.45) is 16.7 Å². The van der Waals surface area contributed by atoms with E-state index in [-0.39, 0.29) is 0 Å². The molecule has 0 radical (unpaired) electrons. The molecule has 0 bridgehead atoms. The maximum absolute atomic E-state index is 5.47. The molecule has 6 heteroatoms. The smallest absolute Gasteiger partial charge is 0.177 e. The van der Waals surface area contributed by atoms with Crippen molar-refractivity contribution in [1.82, 2.24) is 5.16 Å². The summed E-state index contributed by atoms with van der Waals surface area (Å²) in [6.07, 6.45) is 0. The maximum Gasteiger partial charge on any atom is 0.177 e. The molecule has 0 fully saturated rings. The first kappa shape index (κ1) is 11.5. The van der Waals surface area contributed by atoms with Crippen LogP contribution < -0.4 is 11.6 Å². The topological polar surface area (TPSA) is 90.4 Å². The summed E-state index contributed by atoms with van der Waals surface area (Å²) in [4.78, 5) is 0. The number of rotatable bonds is 3. The summed E-state index contributed by atoms with van der Waals surface area (Å²) in [5.74, 6) is 6.36. The molecule has 4 N–H and O–H groups in total. The van der Waals surface area contributed by atoms with Crippen molar-refractivity contribution in [3.63, 3.8) is 0 Å². The number of nitrogens with zero attached hydrogens (tertiary/aromatic N) is 2. The van der Waals surface area contributed by atoms with Crippen LogP contribution in [-0.4, -0.2) is 10.3 Å². The molecule has 17 heavy (non-hydrogen) atoms. The number of hydrogen-bond acceptors (Lipinski definition) is 5. The number of benzene rings is 1. The van der Waals surface area contributed by atoms with Gasteiger partial charge in [0.15, 0.2) is 10.9 Å². The Kier molecular flexibility index (Phi) is 3.66. The highest BCUT2D eigenvalue weighted by Crippen LogP contribution is 2.21. The molecule has 0 unspecified atom stereocenters. The Labute approximate surface area is 103 Å². The molecule has 0 atom stereocenters. The molecule has 1 heterocycles. The van der Waals surface area contributed by atoms with Crippen molar-refractivity contribution in [2.75, 3.05) is 0 Å². The number of hydrazone groups is 1. The molecule has 1 aromatic heterocycles. The van der Waals surface area contributed by atoms with Crippen LogP contribution in [0.15, 0.2) is 46.0 Å². The lowest BCUT2D eigenvalue weighted by Crippen LogP contribution is -2.09. The fourth-order valence-electron chi connectivity index (χ4n) is 1.30. The van der Waals surface area contributed by atoms with Gasteiger partial charge in [0.05, 0.1) is 5.69 Å². The molecule has 2 rings (SSSR count). The maximum atomic E-state index is 5.47. The van der Waals surface area contributed by atoms with Gasteiger partial charge in [0.25, 0.3) is 0 Å². The van der Waals surface area contributed by atoms with Gasteiger partial charge in [-0.05, 0) is 0 Å². The second kappa shape index (κ2) is 5.40. The van der Waals surface area contributed by atoms with E-state index >= 15 is 0 Å². The van der Waals surface area contributed by atoms with E-state index in [9.17, 15) is 0 Å². The van der Waals surface area contributed by atoms with E-state index in [1.807, 2.05) is 36.4 Å². The Hall–Kier alpha value is -1.95. The first-order valence-corrected chi connectivity index (χ1v) is 5.95. The van der Waals surface area contributed by atoms with Crippen molar-refractivity contribution < 1.29 is 4.52 Å². The lowest BCUT2D eigenvalue weighted by molar-refractivity contribution is 0.426. The van der Waals surface area contributed by atoms with Crippen molar-refractivity contribution in [1.29, 1.82) is 0 Å². The van der Waals surface area contributed by atoms with Gasteiger partial charge >= 0.3 is 0 Å². The van der Waals surface area contributed by atoms with Crippen LogP contribution in [0.3, 0.4) is 0 Å². The van der Waals surface area contributed by atoms with Crippen molar-refractivity contribution in [3.05, 3.63) is 42.1 Å². The van der Waals surface area contributed by atoms with Crippen LogP contribution in [0, 0.1) is 0 Å². The van der Waals surface area contributed by atoms with Gasteiger partial charge in [-0.2, -0.15) is 5.10 Å². The van der Waals surface area contributed by atoms with Gasteiger partial charge in [0, 0.05) is 17.4 Å². The molecule has 5 nitrogen and oxygen atoms in total. The number of thioether (sulfide) groups is 1. The molecule has 0 aliphatic heterocycles. The van der Waals surface area contributed by atoms with Crippen LogP contribution in [0.25, 0.3) is 11.3 Å². The minimum Gasteiger partial charge on any atom is -0.377 e. The van der Waals surface area contributed by atoms with E-state index in [1.165, 1.54) is 11.8 Å². The first-order chi connectivity index (χ1) is 8.29. The van der Waals surface area contributed by atoms with Crippen molar-refractivity contribution in [2.45, 2.75) is 5.75 Å². The molecule has 0 saturated heterocycles. The van der Waals surface area contributed by atoms with Gasteiger partial charge < -0.3 is 16.1 Å². The average molecular weight is 248 g/mol. The number of hydrogen-bond donors (Lipinski definition) is 2. The molecular weight excluding hydrogens is 236 g/mol. The highest BCUT2D eigenvalue weighted by atomic mass is 32.2. The SMILES string of the molecule is NN=C(N)SCc1cc(-c2ccccc2)on1. The minimum absolute atomic E-state index is 0.328. The Bertz CT molecular complexity index is 509. The molecule has 0 aliphatic rings. The molecule has 1 aromatic carbocycles. The largest absolute Gasteiger partial charge is 0.377 e. The normalized spacial score (nSPS) is 11.6. The lowest BCUT2D eigenvalue weighted by atomic mass is 10.2.